The molecule has 0 spiro atoms. The summed E-state index contributed by atoms with van der Waals surface area (Å²) in [5, 5.41) is 3.16. The van der Waals surface area contributed by atoms with E-state index in [9.17, 15) is 9.59 Å². The van der Waals surface area contributed by atoms with Gasteiger partial charge in [0.2, 0.25) is 0 Å². The number of amides is 2. The average Bonchev–Trinajstić information content (AvgIpc) is 3.03. The Bertz CT molecular complexity index is 1210. The Hall–Kier alpha value is -4.06. The summed E-state index contributed by atoms with van der Waals surface area (Å²) in [4.78, 5) is 28.2. The second-order valence-corrected chi connectivity index (χ2v) is 7.63. The number of hydrogen-bond donors (Lipinski definition) is 1. The number of aryl methyl sites for hydroxylation is 2. The number of nitrogens with one attached hydrogen (secondary N) is 1. The van der Waals surface area contributed by atoms with Crippen molar-refractivity contribution in [3.63, 3.8) is 0 Å². The van der Waals surface area contributed by atoms with Crippen molar-refractivity contribution in [2.24, 2.45) is 0 Å². The first-order valence-corrected chi connectivity index (χ1v) is 10.2. The zero-order valence-corrected chi connectivity index (χ0v) is 18.4. The highest BCUT2D eigenvalue weighted by Gasteiger charge is 2.40. The van der Waals surface area contributed by atoms with E-state index >= 15 is 0 Å². The van der Waals surface area contributed by atoms with E-state index in [-0.39, 0.29) is 11.6 Å². The van der Waals surface area contributed by atoms with Crippen molar-refractivity contribution in [3.8, 4) is 11.5 Å². The lowest BCUT2D eigenvalue weighted by Gasteiger charge is -2.16. The molecule has 1 N–H and O–H groups in total. The average molecular weight is 428 g/mol. The molecule has 0 aliphatic carbocycles. The van der Waals surface area contributed by atoms with Crippen LogP contribution < -0.4 is 19.7 Å². The molecule has 0 saturated carbocycles. The van der Waals surface area contributed by atoms with Crippen molar-refractivity contribution in [1.29, 1.82) is 0 Å². The molecule has 0 fully saturated rings. The summed E-state index contributed by atoms with van der Waals surface area (Å²) >= 11 is 0. The Morgan fingerprint density at radius 2 is 1.41 bits per heavy atom. The molecule has 1 aliphatic rings. The molecule has 1 heterocycles. The molecular formula is C26H24N2O4. The van der Waals surface area contributed by atoms with Gasteiger partial charge in [-0.3, -0.25) is 9.59 Å². The highest BCUT2D eigenvalue weighted by Crippen LogP contribution is 2.35. The summed E-state index contributed by atoms with van der Waals surface area (Å²) in [5.74, 6) is 0.341. The predicted octanol–water partition coefficient (Wildman–Crippen LogP) is 4.72. The van der Waals surface area contributed by atoms with Gasteiger partial charge in [0.1, 0.15) is 17.2 Å². The summed E-state index contributed by atoms with van der Waals surface area (Å²) in [6, 6.07) is 20.1. The van der Waals surface area contributed by atoms with Gasteiger partial charge in [0.15, 0.2) is 0 Å². The van der Waals surface area contributed by atoms with Crippen molar-refractivity contribution >= 4 is 28.8 Å². The topological polar surface area (TPSA) is 67.9 Å². The van der Waals surface area contributed by atoms with Gasteiger partial charge in [0, 0.05) is 23.9 Å². The van der Waals surface area contributed by atoms with E-state index < -0.39 is 5.91 Å². The summed E-state index contributed by atoms with van der Waals surface area (Å²) in [6.45, 7) is 3.89. The highest BCUT2D eigenvalue weighted by atomic mass is 16.5. The van der Waals surface area contributed by atoms with Crippen molar-refractivity contribution in [2.75, 3.05) is 24.4 Å². The fourth-order valence-electron chi connectivity index (χ4n) is 3.66. The third-order valence-corrected chi connectivity index (χ3v) is 5.30. The number of carbonyl (C=O) groups is 2. The lowest BCUT2D eigenvalue weighted by molar-refractivity contribution is -0.120. The fraction of sp³-hybridized carbons (Fsp3) is 0.154. The third kappa shape index (κ3) is 3.95. The number of anilines is 2. The minimum atomic E-state index is -0.419. The largest absolute Gasteiger partial charge is 0.497 e. The molecule has 0 radical (unpaired) electrons. The van der Waals surface area contributed by atoms with Gasteiger partial charge in [0.05, 0.1) is 25.5 Å². The first-order valence-electron chi connectivity index (χ1n) is 10.2. The molecule has 0 saturated heterocycles. The van der Waals surface area contributed by atoms with Crippen LogP contribution in [0.5, 0.6) is 11.5 Å². The molecular weight excluding hydrogens is 404 g/mol. The van der Waals surface area contributed by atoms with Crippen LogP contribution in [0.3, 0.4) is 0 Å². The van der Waals surface area contributed by atoms with Crippen molar-refractivity contribution < 1.29 is 19.1 Å². The zero-order chi connectivity index (χ0) is 22.8. The Morgan fingerprint density at radius 1 is 0.750 bits per heavy atom. The van der Waals surface area contributed by atoms with E-state index in [1.165, 1.54) is 4.90 Å². The van der Waals surface area contributed by atoms with Crippen LogP contribution >= 0.6 is 0 Å². The monoisotopic (exact) mass is 428 g/mol. The van der Waals surface area contributed by atoms with Crippen LogP contribution in [-0.2, 0) is 9.59 Å². The zero-order valence-electron chi connectivity index (χ0n) is 18.4. The third-order valence-electron chi connectivity index (χ3n) is 5.30. The molecule has 0 atom stereocenters. The Kier molecular flexibility index (Phi) is 5.69. The van der Waals surface area contributed by atoms with E-state index in [1.807, 2.05) is 56.3 Å². The fourth-order valence-corrected chi connectivity index (χ4v) is 3.66. The summed E-state index contributed by atoms with van der Waals surface area (Å²) < 4.78 is 10.7. The first-order chi connectivity index (χ1) is 15.4. The van der Waals surface area contributed by atoms with Gasteiger partial charge < -0.3 is 14.8 Å². The summed E-state index contributed by atoms with van der Waals surface area (Å²) in [7, 11) is 3.11. The Labute approximate surface area is 187 Å². The molecule has 2 amide bonds. The number of nitrogens with zero attached hydrogens (tertiary/aromatic N) is 1. The molecule has 32 heavy (non-hydrogen) atoms. The van der Waals surface area contributed by atoms with Crippen LogP contribution in [0.2, 0.25) is 0 Å². The smallest absolute Gasteiger partial charge is 0.282 e. The number of benzene rings is 3. The van der Waals surface area contributed by atoms with Gasteiger partial charge in [-0.25, -0.2) is 4.90 Å². The van der Waals surface area contributed by atoms with E-state index in [0.717, 1.165) is 11.1 Å². The Morgan fingerprint density at radius 3 is 2.00 bits per heavy atom. The number of carbonyl (C=O) groups excluding carboxylic acids is 2. The highest BCUT2D eigenvalue weighted by molar-refractivity contribution is 6.46. The first kappa shape index (κ1) is 21.2. The van der Waals surface area contributed by atoms with E-state index in [0.29, 0.717) is 34.0 Å². The number of ether oxygens (including phenoxy) is 2. The van der Waals surface area contributed by atoms with Gasteiger partial charge in [-0.05, 0) is 37.1 Å². The quantitative estimate of drug-likeness (QED) is 0.576. The SMILES string of the molecule is COc1cc(NC2=C(c3ccc(C)cc3)C(=O)N(c3cccc(C)c3)C2=O)cc(OC)c1. The molecule has 162 valence electrons. The maximum Gasteiger partial charge on any atom is 0.282 e. The molecule has 0 unspecified atom stereocenters. The molecule has 3 aromatic carbocycles. The molecule has 1 aliphatic heterocycles. The number of rotatable bonds is 6. The summed E-state index contributed by atoms with van der Waals surface area (Å²) in [6.07, 6.45) is 0. The summed E-state index contributed by atoms with van der Waals surface area (Å²) in [5.41, 5.74) is 4.32. The number of hydrogen-bond acceptors (Lipinski definition) is 5. The van der Waals surface area contributed by atoms with Crippen LogP contribution in [0, 0.1) is 13.8 Å². The van der Waals surface area contributed by atoms with Gasteiger partial charge in [0.25, 0.3) is 11.8 Å². The maximum absolute atomic E-state index is 13.5. The van der Waals surface area contributed by atoms with Crippen molar-refractivity contribution in [3.05, 3.63) is 89.1 Å². The second kappa shape index (κ2) is 8.59. The van der Waals surface area contributed by atoms with Crippen LogP contribution in [0.25, 0.3) is 5.57 Å². The minimum Gasteiger partial charge on any atom is -0.497 e. The van der Waals surface area contributed by atoms with E-state index in [1.54, 1.807) is 38.5 Å². The van der Waals surface area contributed by atoms with E-state index in [2.05, 4.69) is 5.32 Å². The molecule has 0 aromatic heterocycles. The van der Waals surface area contributed by atoms with Crippen LogP contribution in [0.4, 0.5) is 11.4 Å². The minimum absolute atomic E-state index is 0.204. The molecule has 6 heteroatoms. The van der Waals surface area contributed by atoms with E-state index in [4.69, 9.17) is 9.47 Å². The number of methoxy groups -OCH3 is 2. The van der Waals surface area contributed by atoms with Gasteiger partial charge in [-0.15, -0.1) is 0 Å². The second-order valence-electron chi connectivity index (χ2n) is 7.63. The maximum atomic E-state index is 13.5. The standard InChI is InChI=1S/C26H24N2O4/c1-16-8-10-18(11-9-16)23-24(27-19-13-21(31-3)15-22(14-19)32-4)26(30)28(25(23)29)20-7-5-6-17(2)12-20/h5-15,27H,1-4H3. The van der Waals surface area contributed by atoms with Crippen LogP contribution in [0.15, 0.2) is 72.4 Å². The van der Waals surface area contributed by atoms with Gasteiger partial charge in [-0.1, -0.05) is 42.0 Å². The van der Waals surface area contributed by atoms with Crippen LogP contribution in [0.1, 0.15) is 16.7 Å². The molecule has 6 nitrogen and oxygen atoms in total. The molecule has 0 bridgehead atoms. The lowest BCUT2D eigenvalue weighted by Crippen LogP contribution is -2.32. The van der Waals surface area contributed by atoms with Gasteiger partial charge in [-0.2, -0.15) is 0 Å². The lowest BCUT2D eigenvalue weighted by atomic mass is 10.0. The molecule has 4 rings (SSSR count). The number of imide groups is 1. The predicted molar refractivity (Wildman–Crippen MR) is 125 cm³/mol. The van der Waals surface area contributed by atoms with Gasteiger partial charge >= 0.3 is 0 Å². The molecule has 3 aromatic rings. The van der Waals surface area contributed by atoms with Crippen LogP contribution in [-0.4, -0.2) is 26.0 Å². The van der Waals surface area contributed by atoms with Crippen molar-refractivity contribution in [1.82, 2.24) is 0 Å². The van der Waals surface area contributed by atoms with Crippen molar-refractivity contribution in [2.45, 2.75) is 13.8 Å². The Balaban J connectivity index is 1.83. The normalized spacial score (nSPS) is 13.6.